The molecule has 5 heterocycles. The van der Waals surface area contributed by atoms with E-state index in [1.807, 2.05) is 36.7 Å². The molecule has 0 aromatic carbocycles. The first-order valence-corrected chi connectivity index (χ1v) is 20.4. The van der Waals surface area contributed by atoms with Crippen molar-refractivity contribution in [2.45, 2.75) is 148 Å². The summed E-state index contributed by atoms with van der Waals surface area (Å²) < 4.78 is 33.0. The molecule has 0 aliphatic carbocycles. The van der Waals surface area contributed by atoms with Gasteiger partial charge in [-0.15, -0.1) is 0 Å². The molecule has 3 aliphatic rings. The Bertz CT molecular complexity index is 1710. The van der Waals surface area contributed by atoms with Gasteiger partial charge in [-0.2, -0.15) is 0 Å². The zero-order chi connectivity index (χ0) is 41.8. The molecule has 0 spiro atoms. The van der Waals surface area contributed by atoms with Gasteiger partial charge in [0.25, 0.3) is 0 Å². The number of pyridine rings is 1. The Kier molecular flexibility index (Phi) is 14.3. The molecule has 15 nitrogen and oxygen atoms in total. The van der Waals surface area contributed by atoms with E-state index in [-0.39, 0.29) is 30.8 Å². The molecule has 0 unspecified atom stereocenters. The number of carbonyl (C=O) groups excluding carboxylic acids is 4. The van der Waals surface area contributed by atoms with Crippen molar-refractivity contribution in [2.24, 2.45) is 23.7 Å². The van der Waals surface area contributed by atoms with Crippen molar-refractivity contribution in [1.82, 2.24) is 24.8 Å². The van der Waals surface area contributed by atoms with Gasteiger partial charge in [0, 0.05) is 68.1 Å². The van der Waals surface area contributed by atoms with E-state index in [4.69, 9.17) is 23.7 Å². The quantitative estimate of drug-likeness (QED) is 0.183. The number of ether oxygens (including phenoxy) is 5. The van der Waals surface area contributed by atoms with Crippen molar-refractivity contribution in [3.05, 3.63) is 37.1 Å². The zero-order valence-corrected chi connectivity index (χ0v) is 35.2. The van der Waals surface area contributed by atoms with E-state index in [0.717, 1.165) is 11.3 Å². The normalized spacial score (nSPS) is 37.0. The Morgan fingerprint density at radius 2 is 1.75 bits per heavy atom. The van der Waals surface area contributed by atoms with Gasteiger partial charge in [-0.3, -0.25) is 19.4 Å². The van der Waals surface area contributed by atoms with Gasteiger partial charge in [0.2, 0.25) is 0 Å². The van der Waals surface area contributed by atoms with Crippen LogP contribution in [0.15, 0.2) is 37.1 Å². The molecule has 0 radical (unpaired) electrons. The number of hydrogen-bond donors (Lipinski definition) is 2. The van der Waals surface area contributed by atoms with Crippen molar-refractivity contribution in [3.8, 4) is 11.3 Å². The molecular formula is C42H63N5O10. The lowest BCUT2D eigenvalue weighted by molar-refractivity contribution is -0.290. The minimum atomic E-state index is -1.40. The van der Waals surface area contributed by atoms with Crippen molar-refractivity contribution >= 4 is 23.6 Å². The molecule has 0 bridgehead atoms. The summed E-state index contributed by atoms with van der Waals surface area (Å²) in [5.41, 5.74) is -0.936. The lowest BCUT2D eigenvalue weighted by Gasteiger charge is -2.46. The maximum atomic E-state index is 14.7. The fraction of sp³-hybridized carbons (Fsp3) is 0.714. The van der Waals surface area contributed by atoms with Crippen LogP contribution in [0.2, 0.25) is 0 Å². The summed E-state index contributed by atoms with van der Waals surface area (Å²) in [7, 11) is 3.24. The number of carbonyl (C=O) groups is 4. The second kappa shape index (κ2) is 18.4. The van der Waals surface area contributed by atoms with Crippen LogP contribution in [0.5, 0.6) is 0 Å². The fourth-order valence-corrected chi connectivity index (χ4v) is 9.23. The Balaban J connectivity index is 1.43. The highest BCUT2D eigenvalue weighted by atomic mass is 16.7. The number of rotatable bonds is 11. The number of methoxy groups -OCH3 is 1. The second-order valence-electron chi connectivity index (χ2n) is 16.7. The number of nitrogens with one attached hydrogen (secondary N) is 1. The number of cyclic esters (lactones) is 1. The van der Waals surface area contributed by atoms with Crippen LogP contribution in [0, 0.1) is 23.7 Å². The number of aryl methyl sites for hydroxylation is 1. The lowest BCUT2D eigenvalue weighted by Crippen LogP contribution is -2.60. The predicted octanol–water partition coefficient (Wildman–Crippen LogP) is 4.59. The fourth-order valence-electron chi connectivity index (χ4n) is 9.23. The van der Waals surface area contributed by atoms with E-state index in [1.165, 1.54) is 14.0 Å². The number of ketones is 2. The number of fused-ring (bicyclic) bond motifs is 1. The summed E-state index contributed by atoms with van der Waals surface area (Å²) in [6, 6.07) is 2.69. The Morgan fingerprint density at radius 3 is 2.40 bits per heavy atom. The van der Waals surface area contributed by atoms with Gasteiger partial charge in [0.05, 0.1) is 35.9 Å². The average molecular weight is 798 g/mol. The minimum absolute atomic E-state index is 0.128. The third-order valence-electron chi connectivity index (χ3n) is 12.6. The molecule has 5 rings (SSSR count). The van der Waals surface area contributed by atoms with Gasteiger partial charge < -0.3 is 43.6 Å². The summed E-state index contributed by atoms with van der Waals surface area (Å²) >= 11 is 0. The molecule has 2 aromatic rings. The molecule has 2 N–H and O–H groups in total. The molecule has 3 fully saturated rings. The van der Waals surface area contributed by atoms with Gasteiger partial charge in [-0.1, -0.05) is 27.7 Å². The van der Waals surface area contributed by atoms with Crippen LogP contribution >= 0.6 is 0 Å². The van der Waals surface area contributed by atoms with Gasteiger partial charge in [-0.05, 0) is 79.0 Å². The highest BCUT2D eigenvalue weighted by molar-refractivity contribution is 6.00. The smallest absolute Gasteiger partial charge is 0.410 e. The van der Waals surface area contributed by atoms with Gasteiger partial charge in [-0.25, -0.2) is 9.78 Å². The number of aliphatic hydroxyl groups excluding tert-OH is 1. The zero-order valence-electron chi connectivity index (χ0n) is 35.2. The van der Waals surface area contributed by atoms with Crippen LogP contribution < -0.4 is 5.32 Å². The number of likely N-dealkylation sites (N-methyl/N-ethyl adjacent to an activating group) is 1. The first-order valence-electron chi connectivity index (χ1n) is 20.4. The molecule has 13 atom stereocenters. The van der Waals surface area contributed by atoms with E-state index in [2.05, 4.69) is 15.3 Å². The van der Waals surface area contributed by atoms with Crippen LogP contribution in [0.4, 0.5) is 4.79 Å². The molecule has 3 aliphatic heterocycles. The summed E-state index contributed by atoms with van der Waals surface area (Å²) in [6.45, 7) is 14.9. The van der Waals surface area contributed by atoms with Crippen molar-refractivity contribution < 1.29 is 48.0 Å². The Labute approximate surface area is 336 Å². The molecule has 1 amide bonds. The summed E-state index contributed by atoms with van der Waals surface area (Å²) in [5.74, 6) is -4.96. The number of amides is 1. The van der Waals surface area contributed by atoms with Gasteiger partial charge in [0.1, 0.15) is 23.9 Å². The molecule has 0 saturated carbocycles. The first kappa shape index (κ1) is 44.3. The molecule has 2 aromatic heterocycles. The number of unbranched alkanes of at least 4 members (excludes halogenated alkanes) is 1. The Hall–Kier alpha value is -3.76. The second-order valence-corrected chi connectivity index (χ2v) is 16.7. The van der Waals surface area contributed by atoms with Crippen LogP contribution in [0.25, 0.3) is 11.3 Å². The third-order valence-corrected chi connectivity index (χ3v) is 12.6. The average Bonchev–Trinajstić information content (AvgIpc) is 3.78. The minimum Gasteiger partial charge on any atom is -0.458 e. The van der Waals surface area contributed by atoms with Crippen molar-refractivity contribution in [2.75, 3.05) is 20.7 Å². The molecule has 57 heavy (non-hydrogen) atoms. The highest BCUT2D eigenvalue weighted by Gasteiger charge is 2.60. The molecule has 3 saturated heterocycles. The van der Waals surface area contributed by atoms with E-state index in [9.17, 15) is 24.3 Å². The van der Waals surface area contributed by atoms with Crippen LogP contribution in [-0.2, 0) is 44.6 Å². The van der Waals surface area contributed by atoms with E-state index >= 15 is 0 Å². The van der Waals surface area contributed by atoms with E-state index < -0.39 is 83.4 Å². The maximum Gasteiger partial charge on any atom is 0.410 e. The molecule has 316 valence electrons. The van der Waals surface area contributed by atoms with Crippen molar-refractivity contribution in [3.63, 3.8) is 0 Å². The van der Waals surface area contributed by atoms with Crippen LogP contribution in [0.1, 0.15) is 87.5 Å². The SMILES string of the molecule is CC[C@H]1OC(=O)[C@H](C)C(=O)[C@H](C)[C@@H](O[C@@H]2O[C@H](C)C[C@H](NC)[C@H]2O)[C@](C)(OC)C[C@@H](C)C(=O)[C@H](C)[C@H]2N(CCCCn3cnc(-c4cccnc4)c3)C(=O)O[C@]12C. The highest BCUT2D eigenvalue weighted by Crippen LogP contribution is 2.43. The van der Waals surface area contributed by atoms with Crippen molar-refractivity contribution in [1.29, 1.82) is 0 Å². The summed E-state index contributed by atoms with van der Waals surface area (Å²) in [4.78, 5) is 67.0. The lowest BCUT2D eigenvalue weighted by atomic mass is 9.73. The monoisotopic (exact) mass is 797 g/mol. The summed E-state index contributed by atoms with van der Waals surface area (Å²) in [5, 5.41) is 14.4. The third kappa shape index (κ3) is 9.27. The molecule has 15 heteroatoms. The molecular weight excluding hydrogens is 734 g/mol. The largest absolute Gasteiger partial charge is 0.458 e. The van der Waals surface area contributed by atoms with Gasteiger partial charge >= 0.3 is 12.1 Å². The first-order chi connectivity index (χ1) is 27.0. The van der Waals surface area contributed by atoms with E-state index in [0.29, 0.717) is 32.4 Å². The number of hydrogen-bond acceptors (Lipinski definition) is 13. The predicted molar refractivity (Wildman–Crippen MR) is 210 cm³/mol. The van der Waals surface area contributed by atoms with E-state index in [1.54, 1.807) is 65.3 Å². The van der Waals surface area contributed by atoms with Crippen LogP contribution in [-0.4, -0.2) is 123 Å². The Morgan fingerprint density at radius 1 is 1.04 bits per heavy atom. The number of aliphatic hydroxyl groups is 1. The standard InChI is InChI=1S/C42H63N5O10/c1-11-32-42(8)36(47(40(52)57-42)18-13-12-17-46-22-31(45-23-46)29-15-14-16-44-21-29)26(4)33(48)24(2)20-41(7,53-10)37(27(5)34(49)28(6)38(51)55-32)56-39-35(50)30(43-9)19-25(3)54-39/h14-16,21-28,30,32,35-37,39,43,50H,11-13,17-20H2,1-10H3/t24-,25-,26+,27+,28-,30+,32-,35-,36-,37-,39+,41-,42-/m1/s1. The topological polar surface area (TPSA) is 181 Å². The number of imidazole rings is 1. The maximum absolute atomic E-state index is 14.7. The number of esters is 1. The summed E-state index contributed by atoms with van der Waals surface area (Å²) in [6.07, 6.45) is 4.40. The number of aromatic nitrogens is 3. The van der Waals surface area contributed by atoms with Gasteiger partial charge in [0.15, 0.2) is 17.7 Å². The number of nitrogens with zero attached hydrogens (tertiary/aromatic N) is 4. The van der Waals surface area contributed by atoms with Crippen LogP contribution in [0.3, 0.4) is 0 Å². The number of Topliss-reactive ketones (excluding diaryl/α,β-unsaturated/α-hetero) is 2.